The fraction of sp³-hybridized carbons (Fsp3) is 0.444. The van der Waals surface area contributed by atoms with Crippen LogP contribution in [0.4, 0.5) is 18.9 Å². The van der Waals surface area contributed by atoms with Gasteiger partial charge in [-0.2, -0.15) is 0 Å². The summed E-state index contributed by atoms with van der Waals surface area (Å²) in [5, 5.41) is 9.53. The van der Waals surface area contributed by atoms with Crippen molar-refractivity contribution in [2.45, 2.75) is 69.4 Å². The van der Waals surface area contributed by atoms with Crippen molar-refractivity contribution in [3.8, 4) is 5.75 Å². The monoisotopic (exact) mass is 550 g/mol. The lowest BCUT2D eigenvalue weighted by Gasteiger charge is -2.48. The zero-order valence-corrected chi connectivity index (χ0v) is 21.0. The summed E-state index contributed by atoms with van der Waals surface area (Å²) in [7, 11) is 0. The van der Waals surface area contributed by atoms with Crippen LogP contribution >= 0.6 is 11.6 Å². The Kier molecular flexibility index (Phi) is 7.02. The number of alkyl halides is 3. The summed E-state index contributed by atoms with van der Waals surface area (Å²) in [6, 6.07) is 9.47. The van der Waals surface area contributed by atoms with Crippen molar-refractivity contribution >= 4 is 35.1 Å². The number of halogens is 4. The molecule has 202 valence electrons. The van der Waals surface area contributed by atoms with Crippen LogP contribution in [-0.4, -0.2) is 46.2 Å². The summed E-state index contributed by atoms with van der Waals surface area (Å²) in [5.74, 6) is -2.12. The molecule has 2 fully saturated rings. The molecule has 3 aliphatic rings. The van der Waals surface area contributed by atoms with Crippen LogP contribution in [0.15, 0.2) is 42.5 Å². The van der Waals surface area contributed by atoms with E-state index in [9.17, 15) is 27.6 Å². The van der Waals surface area contributed by atoms with Gasteiger partial charge in [0.1, 0.15) is 5.75 Å². The molecule has 2 amide bonds. The summed E-state index contributed by atoms with van der Waals surface area (Å²) in [6.07, 6.45) is -1.22. The molecule has 3 atom stereocenters. The minimum atomic E-state index is -4.84. The van der Waals surface area contributed by atoms with E-state index in [-0.39, 0.29) is 54.3 Å². The molecule has 1 unspecified atom stereocenters. The molecule has 0 radical (unpaired) electrons. The number of anilines is 1. The van der Waals surface area contributed by atoms with Crippen LogP contribution in [-0.2, 0) is 9.59 Å². The zero-order valence-electron chi connectivity index (χ0n) is 20.3. The predicted molar refractivity (Wildman–Crippen MR) is 132 cm³/mol. The second kappa shape index (κ2) is 10.1. The van der Waals surface area contributed by atoms with E-state index in [1.165, 1.54) is 12.1 Å². The Morgan fingerprint density at radius 2 is 1.74 bits per heavy atom. The normalized spacial score (nSPS) is 22.4. The summed E-state index contributed by atoms with van der Waals surface area (Å²) in [4.78, 5) is 41.8. The number of aliphatic carboxylic acids is 1. The number of carboxylic acids is 1. The number of hydrogen-bond acceptors (Lipinski definition) is 4. The van der Waals surface area contributed by atoms with Gasteiger partial charge >= 0.3 is 12.3 Å². The smallest absolute Gasteiger partial charge is 0.481 e. The summed E-state index contributed by atoms with van der Waals surface area (Å²) in [5.41, 5.74) is 1.52. The second-order valence-electron chi connectivity index (χ2n) is 9.98. The number of benzene rings is 2. The topological polar surface area (TPSA) is 87.2 Å². The number of carboxylic acid groups (broad SMARTS) is 1. The number of ether oxygens (including phenoxy) is 1. The van der Waals surface area contributed by atoms with Gasteiger partial charge in [-0.15, -0.1) is 13.2 Å². The van der Waals surface area contributed by atoms with Crippen molar-refractivity contribution in [1.82, 2.24) is 4.90 Å². The molecule has 0 aromatic heterocycles. The fourth-order valence-corrected chi connectivity index (χ4v) is 6.05. The molecule has 1 aliphatic heterocycles. The van der Waals surface area contributed by atoms with Gasteiger partial charge in [0.15, 0.2) is 0 Å². The molecule has 0 spiro atoms. The van der Waals surface area contributed by atoms with Gasteiger partial charge < -0.3 is 19.6 Å². The number of carbonyl (C=O) groups excluding carboxylic acids is 2. The number of amides is 2. The Hall–Kier alpha value is -3.27. The van der Waals surface area contributed by atoms with Gasteiger partial charge in [0.25, 0.3) is 5.91 Å². The Bertz CT molecular complexity index is 1250. The van der Waals surface area contributed by atoms with Gasteiger partial charge in [0, 0.05) is 35.0 Å². The zero-order chi connectivity index (χ0) is 27.2. The van der Waals surface area contributed by atoms with Gasteiger partial charge in [-0.3, -0.25) is 14.4 Å². The molecule has 1 heterocycles. The molecule has 1 N–H and O–H groups in total. The van der Waals surface area contributed by atoms with E-state index >= 15 is 0 Å². The van der Waals surface area contributed by atoms with E-state index in [1.54, 1.807) is 17.0 Å². The lowest BCUT2D eigenvalue weighted by atomic mass is 9.81. The van der Waals surface area contributed by atoms with Crippen LogP contribution in [0.25, 0.3) is 0 Å². The third-order valence-corrected chi connectivity index (χ3v) is 7.71. The third kappa shape index (κ3) is 5.32. The largest absolute Gasteiger partial charge is 0.573 e. The van der Waals surface area contributed by atoms with E-state index in [2.05, 4.69) is 4.74 Å². The van der Waals surface area contributed by atoms with Crippen LogP contribution in [0, 0.1) is 5.92 Å². The molecule has 38 heavy (non-hydrogen) atoms. The number of rotatable bonds is 7. The maximum absolute atomic E-state index is 13.8. The first-order chi connectivity index (χ1) is 18.0. The summed E-state index contributed by atoms with van der Waals surface area (Å²) >= 11 is 6.36. The van der Waals surface area contributed by atoms with Gasteiger partial charge in [-0.1, -0.05) is 24.1 Å². The van der Waals surface area contributed by atoms with Gasteiger partial charge in [0.05, 0.1) is 18.2 Å². The molecule has 11 heteroatoms. The first kappa shape index (κ1) is 26.3. The SMILES string of the molecule is O=C(O)CCC(=O)N(C1CC1)C1c2ccc(Cl)cc2N(C(=O)c2ccc(OC(F)(F)F)cc2)[C@@H]2CCC[C@H]12. The van der Waals surface area contributed by atoms with Crippen LogP contribution in [0.1, 0.15) is 66.9 Å². The highest BCUT2D eigenvalue weighted by Crippen LogP contribution is 2.53. The quantitative estimate of drug-likeness (QED) is 0.459. The van der Waals surface area contributed by atoms with Crippen molar-refractivity contribution in [3.63, 3.8) is 0 Å². The molecule has 2 aromatic carbocycles. The highest BCUT2D eigenvalue weighted by molar-refractivity contribution is 6.31. The van der Waals surface area contributed by atoms with E-state index in [4.69, 9.17) is 16.7 Å². The van der Waals surface area contributed by atoms with Gasteiger partial charge in [-0.05, 0) is 67.6 Å². The fourth-order valence-electron chi connectivity index (χ4n) is 5.88. The molecule has 0 bridgehead atoms. The highest BCUT2D eigenvalue weighted by atomic mass is 35.5. The number of hydrogen-bond donors (Lipinski definition) is 1. The lowest BCUT2D eigenvalue weighted by molar-refractivity contribution is -0.274. The lowest BCUT2D eigenvalue weighted by Crippen LogP contribution is -2.53. The molecule has 2 saturated carbocycles. The van der Waals surface area contributed by atoms with Gasteiger partial charge in [-0.25, -0.2) is 0 Å². The van der Waals surface area contributed by atoms with E-state index < -0.39 is 18.1 Å². The Labute approximate surface area is 222 Å². The Morgan fingerprint density at radius 3 is 2.37 bits per heavy atom. The number of fused-ring (bicyclic) bond motifs is 2. The van der Waals surface area contributed by atoms with Crippen LogP contribution < -0.4 is 9.64 Å². The molecular formula is C27H26ClF3N2O5. The first-order valence-electron chi connectivity index (χ1n) is 12.6. The minimum Gasteiger partial charge on any atom is -0.481 e. The maximum Gasteiger partial charge on any atom is 0.573 e. The van der Waals surface area contributed by atoms with E-state index in [0.717, 1.165) is 43.4 Å². The molecule has 2 aliphatic carbocycles. The highest BCUT2D eigenvalue weighted by Gasteiger charge is 2.51. The average molecular weight is 551 g/mol. The van der Waals surface area contributed by atoms with E-state index in [0.29, 0.717) is 17.1 Å². The second-order valence-corrected chi connectivity index (χ2v) is 10.4. The van der Waals surface area contributed by atoms with Crippen molar-refractivity contribution in [2.24, 2.45) is 5.92 Å². The van der Waals surface area contributed by atoms with Gasteiger partial charge in [0.2, 0.25) is 5.91 Å². The number of nitrogens with zero attached hydrogens (tertiary/aromatic N) is 2. The molecule has 0 saturated heterocycles. The molecule has 5 rings (SSSR count). The average Bonchev–Trinajstić information content (AvgIpc) is 3.57. The van der Waals surface area contributed by atoms with Crippen molar-refractivity contribution in [1.29, 1.82) is 0 Å². The van der Waals surface area contributed by atoms with Crippen LogP contribution in [0.5, 0.6) is 5.75 Å². The Balaban J connectivity index is 1.52. The predicted octanol–water partition coefficient (Wildman–Crippen LogP) is 5.96. The van der Waals surface area contributed by atoms with Crippen LogP contribution in [0.3, 0.4) is 0 Å². The standard InChI is InChI=1S/C27H26ClF3N2O5/c28-16-6-11-20-22(14-16)33(26(37)15-4-9-18(10-5-15)38-27(29,30)31)21-3-1-2-19(21)25(20)32(17-7-8-17)23(34)12-13-24(35)36/h4-6,9-11,14,17,19,21,25H,1-3,7-8,12-13H2,(H,35,36)/t19-,21+,25?/m0/s1. The molecule has 2 aromatic rings. The van der Waals surface area contributed by atoms with Crippen LogP contribution in [0.2, 0.25) is 5.02 Å². The summed E-state index contributed by atoms with van der Waals surface area (Å²) in [6.45, 7) is 0. The maximum atomic E-state index is 13.8. The summed E-state index contributed by atoms with van der Waals surface area (Å²) < 4.78 is 41.7. The van der Waals surface area contributed by atoms with Crippen molar-refractivity contribution in [3.05, 3.63) is 58.6 Å². The number of carbonyl (C=O) groups is 3. The Morgan fingerprint density at radius 1 is 1.03 bits per heavy atom. The molecule has 7 nitrogen and oxygen atoms in total. The van der Waals surface area contributed by atoms with Crippen molar-refractivity contribution < 1.29 is 37.4 Å². The van der Waals surface area contributed by atoms with E-state index in [1.807, 2.05) is 11.0 Å². The minimum absolute atomic E-state index is 0.0227. The first-order valence-corrected chi connectivity index (χ1v) is 12.9. The third-order valence-electron chi connectivity index (χ3n) is 7.47. The van der Waals surface area contributed by atoms with Crippen molar-refractivity contribution in [2.75, 3.05) is 4.90 Å². The molecular weight excluding hydrogens is 525 g/mol.